The Morgan fingerprint density at radius 2 is 1.96 bits per heavy atom. The highest BCUT2D eigenvalue weighted by Gasteiger charge is 2.32. The lowest BCUT2D eigenvalue weighted by Crippen LogP contribution is -2.34. The maximum Gasteiger partial charge on any atom is 0.255 e. The topological polar surface area (TPSA) is 66.5 Å². The molecule has 0 saturated carbocycles. The highest BCUT2D eigenvalue weighted by Crippen LogP contribution is 2.34. The van der Waals surface area contributed by atoms with E-state index in [9.17, 15) is 13.2 Å². The summed E-state index contributed by atoms with van der Waals surface area (Å²) in [6.45, 7) is 3.75. The normalized spacial score (nSPS) is 16.6. The Balaban J connectivity index is 1.86. The summed E-state index contributed by atoms with van der Waals surface area (Å²) in [4.78, 5) is 12.5. The predicted molar refractivity (Wildman–Crippen MR) is 101 cm³/mol. The summed E-state index contributed by atoms with van der Waals surface area (Å²) in [6.07, 6.45) is 1.78. The molecule has 1 atom stereocenters. The minimum atomic E-state index is -3.34. The number of nitrogens with one attached hydrogen (secondary N) is 1. The number of rotatable bonds is 3. The van der Waals surface area contributed by atoms with E-state index < -0.39 is 10.0 Å². The van der Waals surface area contributed by atoms with Crippen molar-refractivity contribution in [2.24, 2.45) is 0 Å². The number of carbonyl (C=O) groups excluding carboxylic acids is 1. The molecule has 1 heterocycles. The molecule has 2 aromatic rings. The Bertz CT molecular complexity index is 957. The van der Waals surface area contributed by atoms with E-state index in [1.165, 1.54) is 10.6 Å². The minimum absolute atomic E-state index is 0.154. The van der Waals surface area contributed by atoms with Crippen molar-refractivity contribution in [3.05, 3.63) is 58.1 Å². The highest BCUT2D eigenvalue weighted by molar-refractivity contribution is 7.92. The fourth-order valence-electron chi connectivity index (χ4n) is 3.12. The number of benzene rings is 2. The van der Waals surface area contributed by atoms with Crippen LogP contribution in [-0.2, 0) is 16.4 Å². The maximum absolute atomic E-state index is 12.5. The summed E-state index contributed by atoms with van der Waals surface area (Å²) in [6, 6.07) is 10.3. The predicted octanol–water partition coefficient (Wildman–Crippen LogP) is 3.61. The number of carbonyl (C=O) groups is 1. The van der Waals surface area contributed by atoms with Crippen molar-refractivity contribution in [1.29, 1.82) is 0 Å². The Labute approximate surface area is 152 Å². The fourth-order valence-corrected chi connectivity index (χ4v) is 4.57. The first kappa shape index (κ1) is 17.8. The zero-order chi connectivity index (χ0) is 18.4. The zero-order valence-electron chi connectivity index (χ0n) is 14.2. The van der Waals surface area contributed by atoms with Gasteiger partial charge in [-0.15, -0.1) is 0 Å². The first-order valence-corrected chi connectivity index (χ1v) is 10.1. The standard InChI is InChI=1S/C18H19ClN2O3S/c1-11-4-6-15(10-16(11)19)20-18(22)13-5-7-17-14(9-13)8-12(2)21(17)25(3,23)24/h4-7,9-10,12H,8H2,1-3H3,(H,20,22)/t12-/m0/s1. The summed E-state index contributed by atoms with van der Waals surface area (Å²) in [7, 11) is -3.34. The molecule has 0 unspecified atom stereocenters. The number of aryl methyl sites for hydroxylation is 1. The first-order chi connectivity index (χ1) is 11.7. The second kappa shape index (κ2) is 6.35. The monoisotopic (exact) mass is 378 g/mol. The number of amides is 1. The third-order valence-electron chi connectivity index (χ3n) is 4.28. The quantitative estimate of drug-likeness (QED) is 0.887. The first-order valence-electron chi connectivity index (χ1n) is 7.86. The molecule has 1 N–H and O–H groups in total. The van der Waals surface area contributed by atoms with Gasteiger partial charge in [0.15, 0.2) is 0 Å². The molecule has 0 fully saturated rings. The summed E-state index contributed by atoms with van der Waals surface area (Å²) >= 11 is 6.08. The van der Waals surface area contributed by atoms with Crippen LogP contribution in [0.3, 0.4) is 0 Å². The molecule has 1 aliphatic rings. The SMILES string of the molecule is Cc1ccc(NC(=O)c2ccc3c(c2)C[C@H](C)N3S(C)(=O)=O)cc1Cl. The number of nitrogens with zero attached hydrogens (tertiary/aromatic N) is 1. The van der Waals surface area contributed by atoms with E-state index in [2.05, 4.69) is 5.32 Å². The number of hydrogen-bond donors (Lipinski definition) is 1. The van der Waals surface area contributed by atoms with Crippen LogP contribution in [0, 0.1) is 6.92 Å². The van der Waals surface area contributed by atoms with Crippen LogP contribution in [0.4, 0.5) is 11.4 Å². The van der Waals surface area contributed by atoms with Crippen LogP contribution in [0.2, 0.25) is 5.02 Å². The van der Waals surface area contributed by atoms with Crippen molar-refractivity contribution >= 4 is 38.9 Å². The highest BCUT2D eigenvalue weighted by atomic mass is 35.5. The van der Waals surface area contributed by atoms with E-state index in [-0.39, 0.29) is 11.9 Å². The van der Waals surface area contributed by atoms with Gasteiger partial charge in [-0.2, -0.15) is 0 Å². The Morgan fingerprint density at radius 3 is 2.60 bits per heavy atom. The van der Waals surface area contributed by atoms with Gasteiger partial charge in [0.1, 0.15) is 0 Å². The maximum atomic E-state index is 12.5. The van der Waals surface area contributed by atoms with Crippen LogP contribution in [0.1, 0.15) is 28.4 Å². The van der Waals surface area contributed by atoms with Gasteiger partial charge in [-0.25, -0.2) is 8.42 Å². The molecule has 1 aliphatic heterocycles. The second-order valence-corrected chi connectivity index (χ2v) is 8.64. The van der Waals surface area contributed by atoms with Gasteiger partial charge in [0.2, 0.25) is 10.0 Å². The number of hydrogen-bond acceptors (Lipinski definition) is 3. The van der Waals surface area contributed by atoms with Crippen LogP contribution in [0.5, 0.6) is 0 Å². The third kappa shape index (κ3) is 3.50. The molecule has 25 heavy (non-hydrogen) atoms. The van der Waals surface area contributed by atoms with Crippen LogP contribution >= 0.6 is 11.6 Å². The molecular weight excluding hydrogens is 360 g/mol. The largest absolute Gasteiger partial charge is 0.322 e. The van der Waals surface area contributed by atoms with Gasteiger partial charge in [-0.3, -0.25) is 9.10 Å². The van der Waals surface area contributed by atoms with Gasteiger partial charge in [0.25, 0.3) is 5.91 Å². The fraction of sp³-hybridized carbons (Fsp3) is 0.278. The molecule has 0 aliphatic carbocycles. The van der Waals surface area contributed by atoms with Crippen molar-refractivity contribution in [1.82, 2.24) is 0 Å². The zero-order valence-corrected chi connectivity index (χ0v) is 15.8. The van der Waals surface area contributed by atoms with Gasteiger partial charge in [0.05, 0.1) is 11.9 Å². The number of sulfonamides is 1. The van der Waals surface area contributed by atoms with Crippen molar-refractivity contribution in [2.45, 2.75) is 26.3 Å². The van der Waals surface area contributed by atoms with Crippen molar-refractivity contribution in [3.63, 3.8) is 0 Å². The van der Waals surface area contributed by atoms with E-state index in [0.29, 0.717) is 28.4 Å². The van der Waals surface area contributed by atoms with Gasteiger partial charge in [0, 0.05) is 22.3 Å². The molecule has 2 aromatic carbocycles. The molecule has 5 nitrogen and oxygen atoms in total. The molecule has 0 aromatic heterocycles. The summed E-state index contributed by atoms with van der Waals surface area (Å²) in [5.74, 6) is -0.256. The van der Waals surface area contributed by atoms with E-state index >= 15 is 0 Å². The second-order valence-electron chi connectivity index (χ2n) is 6.37. The number of halogens is 1. The third-order valence-corrected chi connectivity index (χ3v) is 5.96. The summed E-state index contributed by atoms with van der Waals surface area (Å²) in [5.41, 5.74) is 3.54. The molecule has 3 rings (SSSR count). The van der Waals surface area contributed by atoms with Gasteiger partial charge >= 0.3 is 0 Å². The molecule has 0 spiro atoms. The van der Waals surface area contributed by atoms with Crippen molar-refractivity contribution in [2.75, 3.05) is 15.9 Å². The van der Waals surface area contributed by atoms with Gasteiger partial charge < -0.3 is 5.32 Å². The number of anilines is 2. The van der Waals surface area contributed by atoms with Gasteiger partial charge in [-0.1, -0.05) is 17.7 Å². The Morgan fingerprint density at radius 1 is 1.24 bits per heavy atom. The van der Waals surface area contributed by atoms with Crippen LogP contribution in [-0.4, -0.2) is 26.6 Å². The van der Waals surface area contributed by atoms with Crippen LogP contribution in [0.25, 0.3) is 0 Å². The molecule has 0 bridgehead atoms. The lowest BCUT2D eigenvalue weighted by Gasteiger charge is -2.21. The van der Waals surface area contributed by atoms with E-state index in [0.717, 1.165) is 11.1 Å². The molecule has 7 heteroatoms. The van der Waals surface area contributed by atoms with Gasteiger partial charge in [-0.05, 0) is 61.7 Å². The molecule has 0 saturated heterocycles. The van der Waals surface area contributed by atoms with Crippen LogP contribution in [0.15, 0.2) is 36.4 Å². The van der Waals surface area contributed by atoms with Crippen molar-refractivity contribution in [3.8, 4) is 0 Å². The smallest absolute Gasteiger partial charge is 0.255 e. The molecule has 1 amide bonds. The molecule has 0 radical (unpaired) electrons. The summed E-state index contributed by atoms with van der Waals surface area (Å²) in [5, 5.41) is 3.40. The average molecular weight is 379 g/mol. The molecule has 132 valence electrons. The molecular formula is C18H19ClN2O3S. The lowest BCUT2D eigenvalue weighted by molar-refractivity contribution is 0.102. The minimum Gasteiger partial charge on any atom is -0.322 e. The summed E-state index contributed by atoms with van der Waals surface area (Å²) < 4.78 is 25.3. The average Bonchev–Trinajstić information content (AvgIpc) is 2.85. The Kier molecular flexibility index (Phi) is 4.51. The van der Waals surface area contributed by atoms with E-state index in [4.69, 9.17) is 11.6 Å². The van der Waals surface area contributed by atoms with E-state index in [1.807, 2.05) is 19.9 Å². The van der Waals surface area contributed by atoms with E-state index in [1.54, 1.807) is 30.3 Å². The number of fused-ring (bicyclic) bond motifs is 1. The Hall–Kier alpha value is -2.05. The van der Waals surface area contributed by atoms with Crippen molar-refractivity contribution < 1.29 is 13.2 Å². The lowest BCUT2D eigenvalue weighted by atomic mass is 10.1. The van der Waals surface area contributed by atoms with Crippen LogP contribution < -0.4 is 9.62 Å².